The normalized spacial score (nSPS) is 16.4. The Morgan fingerprint density at radius 2 is 1.88 bits per heavy atom. The highest BCUT2D eigenvalue weighted by Crippen LogP contribution is 2.31. The summed E-state index contributed by atoms with van der Waals surface area (Å²) in [5.74, 6) is 1.62. The summed E-state index contributed by atoms with van der Waals surface area (Å²) in [6.07, 6.45) is 6.41. The van der Waals surface area contributed by atoms with Crippen LogP contribution in [-0.2, 0) is 31.4 Å². The molecule has 3 aromatic heterocycles. The molecule has 0 saturated carbocycles. The number of ether oxygens (including phenoxy) is 1. The molecule has 1 amide bonds. The first-order valence-corrected chi connectivity index (χ1v) is 11.6. The summed E-state index contributed by atoms with van der Waals surface area (Å²) >= 11 is 0. The number of amides is 1. The van der Waals surface area contributed by atoms with E-state index in [9.17, 15) is 4.79 Å². The van der Waals surface area contributed by atoms with E-state index in [-0.39, 0.29) is 5.91 Å². The number of rotatable bonds is 5. The molecule has 178 valence electrons. The number of anilines is 1. The van der Waals surface area contributed by atoms with Crippen LogP contribution in [0.2, 0.25) is 0 Å². The number of hydrogen-bond acceptors (Lipinski definition) is 8. The van der Waals surface area contributed by atoms with Gasteiger partial charge in [-0.3, -0.25) is 14.4 Å². The smallest absolute Gasteiger partial charge is 0.219 e. The first-order chi connectivity index (χ1) is 16.5. The minimum Gasteiger partial charge on any atom is -0.481 e. The first-order valence-electron chi connectivity index (χ1n) is 11.6. The Hall–Kier alpha value is -3.53. The number of methoxy groups -OCH3 is 1. The molecule has 0 radical (unpaired) electrons. The lowest BCUT2D eigenvalue weighted by molar-refractivity contribution is -0.129. The first kappa shape index (κ1) is 22.3. The van der Waals surface area contributed by atoms with Gasteiger partial charge in [0.1, 0.15) is 5.69 Å². The monoisotopic (exact) mass is 462 g/mol. The van der Waals surface area contributed by atoms with Gasteiger partial charge in [0.05, 0.1) is 31.2 Å². The summed E-state index contributed by atoms with van der Waals surface area (Å²) in [6, 6.07) is 3.97. The Balaban J connectivity index is 1.36. The second-order valence-electron chi connectivity index (χ2n) is 8.85. The van der Waals surface area contributed by atoms with E-state index in [1.807, 2.05) is 36.6 Å². The van der Waals surface area contributed by atoms with Crippen LogP contribution in [0.3, 0.4) is 0 Å². The summed E-state index contributed by atoms with van der Waals surface area (Å²) in [5, 5.41) is 4.35. The van der Waals surface area contributed by atoms with E-state index in [2.05, 4.69) is 25.9 Å². The van der Waals surface area contributed by atoms with Crippen molar-refractivity contribution in [1.82, 2.24) is 34.5 Å². The van der Waals surface area contributed by atoms with Crippen molar-refractivity contribution in [3.05, 3.63) is 47.7 Å². The van der Waals surface area contributed by atoms with Gasteiger partial charge in [-0.1, -0.05) is 6.07 Å². The fraction of sp³-hybridized carbons (Fsp3) is 0.458. The second kappa shape index (κ2) is 9.38. The van der Waals surface area contributed by atoms with Gasteiger partial charge in [0.25, 0.3) is 0 Å². The van der Waals surface area contributed by atoms with Crippen LogP contribution in [0.15, 0.2) is 30.7 Å². The standard InChI is InChI=1S/C24H30N8O2/c1-17(33)32-7-6-20-21(16-32)27-23(19-13-26-29(2)15-19)24(28-20)31-10-8-30(9-11-31)14-18-4-5-22(34-3)25-12-18/h4-5,12-13,15H,6-11,14,16H2,1-3H3. The van der Waals surface area contributed by atoms with Crippen LogP contribution in [0, 0.1) is 0 Å². The number of hydrogen-bond donors (Lipinski definition) is 0. The van der Waals surface area contributed by atoms with Crippen LogP contribution < -0.4 is 9.64 Å². The van der Waals surface area contributed by atoms with E-state index in [1.54, 1.807) is 18.7 Å². The Kier molecular flexibility index (Phi) is 6.14. The number of nitrogens with zero attached hydrogens (tertiary/aromatic N) is 8. The van der Waals surface area contributed by atoms with Crippen LogP contribution >= 0.6 is 0 Å². The number of aromatic nitrogens is 5. The van der Waals surface area contributed by atoms with Gasteiger partial charge < -0.3 is 14.5 Å². The molecule has 2 aliphatic heterocycles. The maximum Gasteiger partial charge on any atom is 0.219 e. The largest absolute Gasteiger partial charge is 0.481 e. The Morgan fingerprint density at radius 3 is 2.53 bits per heavy atom. The Bertz CT molecular complexity index is 1170. The SMILES string of the molecule is COc1ccc(CN2CCN(c3nc4c(nc3-c3cnn(C)c3)CN(C(C)=O)CC4)CC2)cn1. The minimum atomic E-state index is 0.0719. The summed E-state index contributed by atoms with van der Waals surface area (Å²) in [5.41, 5.74) is 4.83. The Labute approximate surface area is 199 Å². The average molecular weight is 463 g/mol. The molecule has 0 atom stereocenters. The molecule has 0 N–H and O–H groups in total. The Morgan fingerprint density at radius 1 is 1.06 bits per heavy atom. The fourth-order valence-electron chi connectivity index (χ4n) is 4.55. The van der Waals surface area contributed by atoms with Crippen molar-refractivity contribution in [2.24, 2.45) is 7.05 Å². The molecule has 3 aromatic rings. The fourth-order valence-corrected chi connectivity index (χ4v) is 4.55. The van der Waals surface area contributed by atoms with Crippen molar-refractivity contribution in [3.63, 3.8) is 0 Å². The van der Waals surface area contributed by atoms with Gasteiger partial charge >= 0.3 is 0 Å². The quantitative estimate of drug-likeness (QED) is 0.563. The third-order valence-electron chi connectivity index (χ3n) is 6.50. The third-order valence-corrected chi connectivity index (χ3v) is 6.50. The van der Waals surface area contributed by atoms with E-state index >= 15 is 0 Å². The average Bonchev–Trinajstić information content (AvgIpc) is 3.30. The van der Waals surface area contributed by atoms with Crippen LogP contribution in [0.1, 0.15) is 23.9 Å². The van der Waals surface area contributed by atoms with Crippen molar-refractivity contribution in [2.45, 2.75) is 26.4 Å². The highest BCUT2D eigenvalue weighted by molar-refractivity contribution is 5.74. The molecule has 1 saturated heterocycles. The molecule has 1 fully saturated rings. The zero-order chi connectivity index (χ0) is 23.7. The number of aryl methyl sites for hydroxylation is 1. The maximum absolute atomic E-state index is 11.9. The van der Waals surface area contributed by atoms with Gasteiger partial charge in [-0.2, -0.15) is 5.10 Å². The molecule has 10 heteroatoms. The van der Waals surface area contributed by atoms with Crippen LogP contribution in [0.5, 0.6) is 5.88 Å². The van der Waals surface area contributed by atoms with Crippen molar-refractivity contribution in [1.29, 1.82) is 0 Å². The zero-order valence-corrected chi connectivity index (χ0v) is 19.9. The predicted molar refractivity (Wildman–Crippen MR) is 127 cm³/mol. The molecule has 2 aliphatic rings. The maximum atomic E-state index is 11.9. The lowest BCUT2D eigenvalue weighted by atomic mass is 10.1. The van der Waals surface area contributed by atoms with Crippen LogP contribution in [0.4, 0.5) is 5.82 Å². The lowest BCUT2D eigenvalue weighted by Crippen LogP contribution is -2.46. The molecule has 34 heavy (non-hydrogen) atoms. The zero-order valence-electron chi connectivity index (χ0n) is 19.9. The van der Waals surface area contributed by atoms with Gasteiger partial charge in [0.15, 0.2) is 5.82 Å². The van der Waals surface area contributed by atoms with Crippen molar-refractivity contribution < 1.29 is 9.53 Å². The van der Waals surface area contributed by atoms with E-state index in [0.717, 1.165) is 67.6 Å². The van der Waals surface area contributed by atoms with Crippen LogP contribution in [0.25, 0.3) is 11.3 Å². The highest BCUT2D eigenvalue weighted by Gasteiger charge is 2.27. The minimum absolute atomic E-state index is 0.0719. The lowest BCUT2D eigenvalue weighted by Gasteiger charge is -2.36. The van der Waals surface area contributed by atoms with E-state index in [4.69, 9.17) is 14.7 Å². The predicted octanol–water partition coefficient (Wildman–Crippen LogP) is 1.51. The highest BCUT2D eigenvalue weighted by atomic mass is 16.5. The van der Waals surface area contributed by atoms with E-state index < -0.39 is 0 Å². The molecule has 10 nitrogen and oxygen atoms in total. The summed E-state index contributed by atoms with van der Waals surface area (Å²) < 4.78 is 6.94. The number of piperazine rings is 1. The third kappa shape index (κ3) is 4.58. The number of carbonyl (C=O) groups excluding carboxylic acids is 1. The molecule has 5 rings (SSSR count). The summed E-state index contributed by atoms with van der Waals surface area (Å²) in [7, 11) is 3.53. The molecule has 0 aliphatic carbocycles. The van der Waals surface area contributed by atoms with Gasteiger partial charge in [0, 0.05) is 83.7 Å². The molecule has 0 bridgehead atoms. The van der Waals surface area contributed by atoms with Gasteiger partial charge in [-0.15, -0.1) is 0 Å². The number of pyridine rings is 1. The van der Waals surface area contributed by atoms with Crippen molar-refractivity contribution >= 4 is 11.7 Å². The van der Waals surface area contributed by atoms with Gasteiger partial charge in [-0.25, -0.2) is 15.0 Å². The van der Waals surface area contributed by atoms with E-state index in [1.165, 1.54) is 5.56 Å². The topological polar surface area (TPSA) is 92.5 Å². The molecular formula is C24H30N8O2. The van der Waals surface area contributed by atoms with Crippen molar-refractivity contribution in [2.75, 3.05) is 44.7 Å². The summed E-state index contributed by atoms with van der Waals surface area (Å²) in [4.78, 5) is 32.9. The molecule has 0 unspecified atom stereocenters. The number of fused-ring (bicyclic) bond motifs is 1. The van der Waals surface area contributed by atoms with Gasteiger partial charge in [-0.05, 0) is 5.56 Å². The molecular weight excluding hydrogens is 432 g/mol. The van der Waals surface area contributed by atoms with E-state index in [0.29, 0.717) is 19.0 Å². The second-order valence-corrected chi connectivity index (χ2v) is 8.85. The van der Waals surface area contributed by atoms with Gasteiger partial charge in [0.2, 0.25) is 11.8 Å². The van der Waals surface area contributed by atoms with Crippen molar-refractivity contribution in [3.8, 4) is 17.1 Å². The molecule has 0 aromatic carbocycles. The number of carbonyl (C=O) groups is 1. The molecule has 0 spiro atoms. The van der Waals surface area contributed by atoms with Crippen LogP contribution in [-0.4, -0.2) is 80.3 Å². The molecule has 5 heterocycles. The summed E-state index contributed by atoms with van der Waals surface area (Å²) in [6.45, 7) is 7.24.